The predicted molar refractivity (Wildman–Crippen MR) is 81.3 cm³/mol. The Balaban J connectivity index is 2.40. The second kappa shape index (κ2) is 6.86. The molecule has 0 fully saturated rings. The Labute approximate surface area is 144 Å². The van der Waals surface area contributed by atoms with Crippen LogP contribution in [0.4, 0.5) is 17.6 Å². The standard InChI is InChI=1S/C15H9Cl2F4NO2/c1-22-14(23)9-6-8(2-3-10(9)16)24-13-11(17)4-7(5-12(13)18)15(19,20)21/h2-6H,1H3,(H,22,23). The number of amides is 1. The molecular formula is C15H9Cl2F4NO2. The largest absolute Gasteiger partial charge is 0.453 e. The zero-order valence-corrected chi connectivity index (χ0v) is 13.5. The number of carbonyl (C=O) groups is 1. The van der Waals surface area contributed by atoms with Crippen LogP contribution in [0.25, 0.3) is 0 Å². The van der Waals surface area contributed by atoms with Crippen LogP contribution < -0.4 is 10.1 Å². The number of hydrogen-bond acceptors (Lipinski definition) is 2. The molecule has 1 amide bonds. The van der Waals surface area contributed by atoms with E-state index in [0.717, 1.165) is 0 Å². The molecule has 24 heavy (non-hydrogen) atoms. The van der Waals surface area contributed by atoms with Gasteiger partial charge in [0, 0.05) is 7.05 Å². The van der Waals surface area contributed by atoms with Crippen molar-refractivity contribution in [2.75, 3.05) is 7.05 Å². The minimum Gasteiger partial charge on any atom is -0.453 e. The van der Waals surface area contributed by atoms with Crippen molar-refractivity contribution >= 4 is 29.1 Å². The van der Waals surface area contributed by atoms with E-state index in [-0.39, 0.29) is 22.4 Å². The van der Waals surface area contributed by atoms with Gasteiger partial charge in [-0.05, 0) is 30.3 Å². The van der Waals surface area contributed by atoms with E-state index in [2.05, 4.69) is 5.32 Å². The van der Waals surface area contributed by atoms with Gasteiger partial charge in [-0.25, -0.2) is 4.39 Å². The second-order valence-corrected chi connectivity index (χ2v) is 5.40. The molecule has 0 spiro atoms. The number of hydrogen-bond donors (Lipinski definition) is 1. The molecule has 2 aromatic rings. The molecular weight excluding hydrogens is 373 g/mol. The van der Waals surface area contributed by atoms with Crippen molar-refractivity contribution in [3.8, 4) is 11.5 Å². The zero-order chi connectivity index (χ0) is 18.1. The van der Waals surface area contributed by atoms with E-state index in [0.29, 0.717) is 6.07 Å². The Morgan fingerprint density at radius 1 is 1.12 bits per heavy atom. The van der Waals surface area contributed by atoms with Gasteiger partial charge in [0.05, 0.1) is 21.2 Å². The molecule has 0 aliphatic carbocycles. The number of alkyl halides is 3. The van der Waals surface area contributed by atoms with Crippen LogP contribution in [0.5, 0.6) is 11.5 Å². The van der Waals surface area contributed by atoms with E-state index in [1.165, 1.54) is 25.2 Å². The summed E-state index contributed by atoms with van der Waals surface area (Å²) in [6.45, 7) is 0. The molecule has 1 N–H and O–H groups in total. The van der Waals surface area contributed by atoms with Gasteiger partial charge in [-0.2, -0.15) is 13.2 Å². The lowest BCUT2D eigenvalue weighted by molar-refractivity contribution is -0.137. The first-order valence-electron chi connectivity index (χ1n) is 6.39. The van der Waals surface area contributed by atoms with Gasteiger partial charge >= 0.3 is 6.18 Å². The number of ether oxygens (including phenoxy) is 1. The Morgan fingerprint density at radius 2 is 1.79 bits per heavy atom. The Morgan fingerprint density at radius 3 is 2.33 bits per heavy atom. The van der Waals surface area contributed by atoms with Gasteiger partial charge in [0.25, 0.3) is 5.91 Å². The monoisotopic (exact) mass is 381 g/mol. The van der Waals surface area contributed by atoms with Crippen LogP contribution in [0.15, 0.2) is 30.3 Å². The lowest BCUT2D eigenvalue weighted by Crippen LogP contribution is -2.18. The van der Waals surface area contributed by atoms with Crippen LogP contribution in [-0.2, 0) is 6.18 Å². The van der Waals surface area contributed by atoms with E-state index < -0.39 is 34.2 Å². The van der Waals surface area contributed by atoms with Crippen molar-refractivity contribution in [3.05, 3.63) is 57.3 Å². The maximum Gasteiger partial charge on any atom is 0.416 e. The highest BCUT2D eigenvalue weighted by molar-refractivity contribution is 6.34. The molecule has 0 aromatic heterocycles. The number of rotatable bonds is 3. The first-order valence-corrected chi connectivity index (χ1v) is 7.14. The smallest absolute Gasteiger partial charge is 0.416 e. The topological polar surface area (TPSA) is 38.3 Å². The number of benzene rings is 2. The summed E-state index contributed by atoms with van der Waals surface area (Å²) in [6, 6.07) is 4.69. The van der Waals surface area contributed by atoms with Gasteiger partial charge < -0.3 is 10.1 Å². The van der Waals surface area contributed by atoms with Crippen molar-refractivity contribution < 1.29 is 27.1 Å². The van der Waals surface area contributed by atoms with Crippen LogP contribution in [-0.4, -0.2) is 13.0 Å². The SMILES string of the molecule is CNC(=O)c1cc(Oc2c(F)cc(C(F)(F)F)cc2Cl)ccc1Cl. The third kappa shape index (κ3) is 3.91. The average molecular weight is 382 g/mol. The molecule has 0 unspecified atom stereocenters. The van der Waals surface area contributed by atoms with Crippen molar-refractivity contribution in [3.63, 3.8) is 0 Å². The summed E-state index contributed by atoms with van der Waals surface area (Å²) in [4.78, 5) is 11.7. The third-order valence-electron chi connectivity index (χ3n) is 2.96. The fourth-order valence-electron chi connectivity index (χ4n) is 1.82. The highest BCUT2D eigenvalue weighted by Crippen LogP contribution is 2.39. The fraction of sp³-hybridized carbons (Fsp3) is 0.133. The number of halogens is 6. The van der Waals surface area contributed by atoms with E-state index in [9.17, 15) is 22.4 Å². The predicted octanol–water partition coefficient (Wildman–Crippen LogP) is 5.30. The van der Waals surface area contributed by atoms with Crippen molar-refractivity contribution in [1.82, 2.24) is 5.32 Å². The fourth-order valence-corrected chi connectivity index (χ4v) is 2.27. The van der Waals surface area contributed by atoms with Crippen molar-refractivity contribution in [2.24, 2.45) is 0 Å². The van der Waals surface area contributed by atoms with Crippen LogP contribution in [0.1, 0.15) is 15.9 Å². The number of nitrogens with one attached hydrogen (secondary N) is 1. The van der Waals surface area contributed by atoms with Crippen LogP contribution >= 0.6 is 23.2 Å². The summed E-state index contributed by atoms with van der Waals surface area (Å²) < 4.78 is 56.9. The minimum absolute atomic E-state index is 0.0152. The normalized spacial score (nSPS) is 11.3. The first kappa shape index (κ1) is 18.4. The molecule has 0 bridgehead atoms. The molecule has 2 rings (SSSR count). The average Bonchev–Trinajstić information content (AvgIpc) is 2.50. The van der Waals surface area contributed by atoms with Crippen LogP contribution in [0.3, 0.4) is 0 Å². The van der Waals surface area contributed by atoms with E-state index in [1.807, 2.05) is 0 Å². The number of carbonyl (C=O) groups excluding carboxylic acids is 1. The first-order chi connectivity index (χ1) is 11.1. The molecule has 2 aromatic carbocycles. The lowest BCUT2D eigenvalue weighted by atomic mass is 10.2. The summed E-state index contributed by atoms with van der Waals surface area (Å²) >= 11 is 11.5. The Bertz CT molecular complexity index is 771. The molecule has 0 radical (unpaired) electrons. The zero-order valence-electron chi connectivity index (χ0n) is 12.0. The summed E-state index contributed by atoms with van der Waals surface area (Å²) in [7, 11) is 1.39. The Kier molecular flexibility index (Phi) is 5.25. The van der Waals surface area contributed by atoms with Gasteiger partial charge in [0.15, 0.2) is 11.6 Å². The van der Waals surface area contributed by atoms with Crippen LogP contribution in [0, 0.1) is 5.82 Å². The highest BCUT2D eigenvalue weighted by atomic mass is 35.5. The van der Waals surface area contributed by atoms with Gasteiger partial charge in [-0.15, -0.1) is 0 Å². The quantitative estimate of drug-likeness (QED) is 0.732. The van der Waals surface area contributed by atoms with E-state index >= 15 is 0 Å². The molecule has 0 aliphatic rings. The van der Waals surface area contributed by atoms with Gasteiger partial charge in [0.1, 0.15) is 5.75 Å². The molecule has 3 nitrogen and oxygen atoms in total. The molecule has 0 saturated heterocycles. The van der Waals surface area contributed by atoms with Gasteiger partial charge in [-0.3, -0.25) is 4.79 Å². The van der Waals surface area contributed by atoms with Crippen LogP contribution in [0.2, 0.25) is 10.0 Å². The van der Waals surface area contributed by atoms with E-state index in [4.69, 9.17) is 27.9 Å². The molecule has 128 valence electrons. The van der Waals surface area contributed by atoms with Gasteiger partial charge in [-0.1, -0.05) is 23.2 Å². The van der Waals surface area contributed by atoms with Crippen molar-refractivity contribution in [1.29, 1.82) is 0 Å². The highest BCUT2D eigenvalue weighted by Gasteiger charge is 2.32. The summed E-state index contributed by atoms with van der Waals surface area (Å²) in [5.74, 6) is -2.40. The summed E-state index contributed by atoms with van der Waals surface area (Å²) in [6.07, 6.45) is -4.74. The molecule has 0 atom stereocenters. The second-order valence-electron chi connectivity index (χ2n) is 4.59. The third-order valence-corrected chi connectivity index (χ3v) is 3.57. The summed E-state index contributed by atoms with van der Waals surface area (Å²) in [5.41, 5.74) is -1.18. The molecule has 0 saturated carbocycles. The summed E-state index contributed by atoms with van der Waals surface area (Å²) in [5, 5.41) is 1.92. The molecule has 0 aliphatic heterocycles. The minimum atomic E-state index is -4.74. The molecule has 0 heterocycles. The Hall–Kier alpha value is -1.99. The molecule has 9 heteroatoms. The van der Waals surface area contributed by atoms with E-state index in [1.54, 1.807) is 0 Å². The van der Waals surface area contributed by atoms with Gasteiger partial charge in [0.2, 0.25) is 0 Å². The maximum atomic E-state index is 13.9. The lowest BCUT2D eigenvalue weighted by Gasteiger charge is -2.13. The van der Waals surface area contributed by atoms with Crippen molar-refractivity contribution in [2.45, 2.75) is 6.18 Å². The maximum absolute atomic E-state index is 13.9.